The summed E-state index contributed by atoms with van der Waals surface area (Å²) in [6.45, 7) is 6.23. The van der Waals surface area contributed by atoms with E-state index < -0.39 is 18.2 Å². The van der Waals surface area contributed by atoms with Gasteiger partial charge in [-0.25, -0.2) is 9.59 Å². The van der Waals surface area contributed by atoms with Gasteiger partial charge in [-0.15, -0.1) is 0 Å². The molecule has 1 aliphatic heterocycles. The lowest BCUT2D eigenvalue weighted by molar-refractivity contribution is 0.146. The van der Waals surface area contributed by atoms with Crippen LogP contribution in [0.25, 0.3) is 0 Å². The fourth-order valence-corrected chi connectivity index (χ4v) is 5.42. The fourth-order valence-electron chi connectivity index (χ4n) is 5.42. The predicted molar refractivity (Wildman–Crippen MR) is 138 cm³/mol. The molecule has 0 saturated heterocycles. The highest BCUT2D eigenvalue weighted by molar-refractivity contribution is 5.93. The van der Waals surface area contributed by atoms with E-state index in [2.05, 4.69) is 24.4 Å². The van der Waals surface area contributed by atoms with Crippen molar-refractivity contribution in [1.29, 1.82) is 0 Å². The van der Waals surface area contributed by atoms with Gasteiger partial charge in [-0.05, 0) is 74.1 Å². The summed E-state index contributed by atoms with van der Waals surface area (Å²) in [5.74, 6) is 1.64. The van der Waals surface area contributed by atoms with Crippen molar-refractivity contribution in [3.05, 3.63) is 59.7 Å². The number of ether oxygens (including phenoxy) is 4. The van der Waals surface area contributed by atoms with Gasteiger partial charge in [-0.1, -0.05) is 19.1 Å². The number of anilines is 2. The van der Waals surface area contributed by atoms with Crippen LogP contribution in [0.3, 0.4) is 0 Å². The molecule has 0 spiro atoms. The quantitative estimate of drug-likeness (QED) is 0.475. The van der Waals surface area contributed by atoms with E-state index in [1.807, 2.05) is 24.3 Å². The highest BCUT2D eigenvalue weighted by atomic mass is 16.6. The molecule has 4 rings (SSSR count). The number of methoxy groups -OCH3 is 2. The van der Waals surface area contributed by atoms with Crippen molar-refractivity contribution in [2.24, 2.45) is 11.8 Å². The molecule has 2 aromatic carbocycles. The number of carbonyl (C=O) groups is 2. The Labute approximate surface area is 212 Å². The van der Waals surface area contributed by atoms with Gasteiger partial charge < -0.3 is 18.9 Å². The van der Waals surface area contributed by atoms with Crippen molar-refractivity contribution in [3.8, 4) is 11.5 Å². The minimum atomic E-state index is -0.555. The summed E-state index contributed by atoms with van der Waals surface area (Å²) in [7, 11) is 3.23. The molecule has 8 heteroatoms. The normalized spacial score (nSPS) is 22.2. The highest BCUT2D eigenvalue weighted by Crippen LogP contribution is 2.56. The van der Waals surface area contributed by atoms with Gasteiger partial charge in [0.25, 0.3) is 0 Å². The summed E-state index contributed by atoms with van der Waals surface area (Å²) in [6, 6.07) is 10.8. The Morgan fingerprint density at radius 2 is 1.64 bits per heavy atom. The minimum absolute atomic E-state index is 0.00821. The molecule has 0 fully saturated rings. The Morgan fingerprint density at radius 3 is 2.31 bits per heavy atom. The van der Waals surface area contributed by atoms with Crippen molar-refractivity contribution in [3.63, 3.8) is 0 Å². The molecule has 2 amide bonds. The van der Waals surface area contributed by atoms with Crippen LogP contribution in [0.5, 0.6) is 11.5 Å². The minimum Gasteiger partial charge on any atom is -0.497 e. The number of nitrogens with zero attached hydrogens (tertiary/aromatic N) is 1. The first-order valence-electron chi connectivity index (χ1n) is 12.4. The second-order valence-electron chi connectivity index (χ2n) is 8.98. The number of hydrogen-bond donors (Lipinski definition) is 1. The SMILES string of the molecule is CCOC(=O)Nc1ccc(OC)cc1[C@H]1[C@@H]2[C@@H](C)CC=C[C@H]2c2cc(OC)ccc2N1C(=O)OCC. The van der Waals surface area contributed by atoms with E-state index in [-0.39, 0.29) is 31.0 Å². The summed E-state index contributed by atoms with van der Waals surface area (Å²) in [6.07, 6.45) is 4.30. The average molecular weight is 495 g/mol. The van der Waals surface area contributed by atoms with E-state index >= 15 is 0 Å². The molecular formula is C28H34N2O6. The van der Waals surface area contributed by atoms with Gasteiger partial charge in [0.05, 0.1) is 39.2 Å². The summed E-state index contributed by atoms with van der Waals surface area (Å²) < 4.78 is 21.8. The highest BCUT2D eigenvalue weighted by Gasteiger charge is 2.48. The summed E-state index contributed by atoms with van der Waals surface area (Å²) in [5, 5.41) is 2.87. The fraction of sp³-hybridized carbons (Fsp3) is 0.429. The Morgan fingerprint density at radius 1 is 0.972 bits per heavy atom. The number of hydrogen-bond acceptors (Lipinski definition) is 6. The number of amides is 2. The third-order valence-corrected chi connectivity index (χ3v) is 6.97. The number of rotatable bonds is 6. The zero-order valence-electron chi connectivity index (χ0n) is 21.4. The molecule has 8 nitrogen and oxygen atoms in total. The average Bonchev–Trinajstić information content (AvgIpc) is 2.88. The number of fused-ring (bicyclic) bond motifs is 3. The summed E-state index contributed by atoms with van der Waals surface area (Å²) in [4.78, 5) is 27.7. The van der Waals surface area contributed by atoms with Gasteiger partial charge in [-0.3, -0.25) is 10.2 Å². The second-order valence-corrected chi connectivity index (χ2v) is 8.98. The van der Waals surface area contributed by atoms with Crippen LogP contribution in [-0.2, 0) is 9.47 Å². The van der Waals surface area contributed by atoms with Crippen molar-refractivity contribution < 1.29 is 28.5 Å². The van der Waals surface area contributed by atoms with Crippen LogP contribution in [0.1, 0.15) is 50.3 Å². The third-order valence-electron chi connectivity index (χ3n) is 6.97. The van der Waals surface area contributed by atoms with Crippen LogP contribution >= 0.6 is 0 Å². The Kier molecular flexibility index (Phi) is 7.72. The van der Waals surface area contributed by atoms with E-state index in [1.165, 1.54) is 0 Å². The topological polar surface area (TPSA) is 86.3 Å². The summed E-state index contributed by atoms with van der Waals surface area (Å²) >= 11 is 0. The first-order valence-corrected chi connectivity index (χ1v) is 12.4. The standard InChI is InChI=1S/C28H34N2O6/c1-6-35-27(31)29-23-13-11-18(33-4)16-22(23)26-25-17(3)9-8-10-20(25)21-15-19(34-5)12-14-24(21)30(26)28(32)36-7-2/h8,10-17,20,25-26H,6-7,9H2,1-5H3,(H,29,31)/t17-,20-,25+,26-/m0/s1. The lowest BCUT2D eigenvalue weighted by Crippen LogP contribution is -2.47. The first-order chi connectivity index (χ1) is 17.4. The van der Waals surface area contributed by atoms with Crippen LogP contribution in [-0.4, -0.2) is 39.6 Å². The van der Waals surface area contributed by atoms with Crippen LogP contribution in [0, 0.1) is 11.8 Å². The molecule has 2 aliphatic rings. The van der Waals surface area contributed by atoms with Gasteiger partial charge in [0, 0.05) is 17.2 Å². The molecule has 0 aromatic heterocycles. The zero-order chi connectivity index (χ0) is 25.8. The van der Waals surface area contributed by atoms with Gasteiger partial charge in [0.1, 0.15) is 11.5 Å². The van der Waals surface area contributed by atoms with Crippen molar-refractivity contribution in [2.45, 2.75) is 39.2 Å². The molecule has 1 heterocycles. The largest absolute Gasteiger partial charge is 0.497 e. The van der Waals surface area contributed by atoms with Gasteiger partial charge in [0.2, 0.25) is 0 Å². The van der Waals surface area contributed by atoms with Crippen LogP contribution < -0.4 is 19.7 Å². The van der Waals surface area contributed by atoms with E-state index in [0.717, 1.165) is 29.0 Å². The van der Waals surface area contributed by atoms with E-state index in [9.17, 15) is 9.59 Å². The molecule has 36 heavy (non-hydrogen) atoms. The maximum Gasteiger partial charge on any atom is 0.414 e. The van der Waals surface area contributed by atoms with Crippen molar-refractivity contribution in [2.75, 3.05) is 37.7 Å². The molecule has 192 valence electrons. The Hall–Kier alpha value is -3.68. The lowest BCUT2D eigenvalue weighted by Gasteiger charge is -2.49. The van der Waals surface area contributed by atoms with Crippen LogP contribution in [0.4, 0.5) is 21.0 Å². The first kappa shape index (κ1) is 25.4. The number of carbonyl (C=O) groups excluding carboxylic acids is 2. The molecule has 2 aromatic rings. The number of benzene rings is 2. The monoisotopic (exact) mass is 494 g/mol. The van der Waals surface area contributed by atoms with Crippen LogP contribution in [0.15, 0.2) is 48.6 Å². The Balaban J connectivity index is 1.96. The molecular weight excluding hydrogens is 460 g/mol. The maximum atomic E-state index is 13.6. The molecule has 0 saturated carbocycles. The number of allylic oxidation sites excluding steroid dienone is 2. The van der Waals surface area contributed by atoms with Crippen molar-refractivity contribution >= 4 is 23.6 Å². The Bertz CT molecular complexity index is 1150. The second kappa shape index (κ2) is 10.9. The molecule has 1 N–H and O–H groups in total. The van der Waals surface area contributed by atoms with Gasteiger partial charge in [0.15, 0.2) is 0 Å². The number of nitrogens with one attached hydrogen (secondary N) is 1. The molecule has 1 aliphatic carbocycles. The molecule has 4 atom stereocenters. The van der Waals surface area contributed by atoms with E-state index in [1.54, 1.807) is 45.1 Å². The third kappa shape index (κ3) is 4.72. The molecule has 0 bridgehead atoms. The lowest BCUT2D eigenvalue weighted by atomic mass is 9.65. The molecule has 0 radical (unpaired) electrons. The predicted octanol–water partition coefficient (Wildman–Crippen LogP) is 6.29. The van der Waals surface area contributed by atoms with E-state index in [4.69, 9.17) is 18.9 Å². The van der Waals surface area contributed by atoms with Gasteiger partial charge >= 0.3 is 12.2 Å². The zero-order valence-corrected chi connectivity index (χ0v) is 21.4. The maximum absolute atomic E-state index is 13.6. The van der Waals surface area contributed by atoms with Crippen molar-refractivity contribution in [1.82, 2.24) is 0 Å². The van der Waals surface area contributed by atoms with E-state index in [0.29, 0.717) is 11.4 Å². The smallest absolute Gasteiger partial charge is 0.414 e. The summed E-state index contributed by atoms with van der Waals surface area (Å²) in [5.41, 5.74) is 3.08. The van der Waals surface area contributed by atoms with Gasteiger partial charge in [-0.2, -0.15) is 0 Å². The van der Waals surface area contributed by atoms with Crippen LogP contribution in [0.2, 0.25) is 0 Å². The molecule has 0 unspecified atom stereocenters.